The van der Waals surface area contributed by atoms with Crippen LogP contribution >= 0.6 is 27.7 Å². The van der Waals surface area contributed by atoms with Crippen molar-refractivity contribution in [3.05, 3.63) is 49.6 Å². The van der Waals surface area contributed by atoms with E-state index >= 15 is 0 Å². The molecule has 0 saturated carbocycles. The second-order valence-corrected chi connectivity index (χ2v) is 13.6. The van der Waals surface area contributed by atoms with Crippen molar-refractivity contribution in [3.63, 3.8) is 0 Å². The number of unbranched alkanes of at least 4 members (excludes halogenated alkanes) is 1. The van der Waals surface area contributed by atoms with E-state index in [-0.39, 0.29) is 41.0 Å². The summed E-state index contributed by atoms with van der Waals surface area (Å²) in [6.07, 6.45) is 6.19. The van der Waals surface area contributed by atoms with Crippen LogP contribution < -0.4 is 9.64 Å². The number of carbonyl (C=O) groups excluding carboxylic acids is 3. The molecule has 1 aromatic rings. The number of aliphatic hydroxyl groups excluding tert-OH is 1. The smallest absolute Gasteiger partial charge is 0.247 e. The standard InChI is InChI=1S/C31H42BrN3O5S/c1-5-9-17-33(15-6-2)30(39)27-31-20-23(32)26(41-31)24(25(31)29(38)35(27)18-10-19-36)28(37)34(16-7-3)21-11-13-22(14-12-21)40-8-4/h6-7,11-14,23-27,36H,2-3,5,8-10,15-20H2,1,4H3/t23?,24-,25+,26-,27?,31?/m1/s1. The van der Waals surface area contributed by atoms with Gasteiger partial charge in [0.25, 0.3) is 0 Å². The third-order valence-corrected chi connectivity index (χ3v) is 11.6. The number of halogens is 1. The van der Waals surface area contributed by atoms with Crippen molar-refractivity contribution in [2.45, 2.75) is 60.4 Å². The number of likely N-dealkylation sites (tertiary alicyclic amines) is 1. The van der Waals surface area contributed by atoms with Gasteiger partial charge in [-0.25, -0.2) is 0 Å². The van der Waals surface area contributed by atoms with Gasteiger partial charge in [-0.05, 0) is 50.5 Å². The molecule has 224 valence electrons. The topological polar surface area (TPSA) is 90.4 Å². The predicted octanol–water partition coefficient (Wildman–Crippen LogP) is 4.27. The number of aliphatic hydroxyl groups is 1. The van der Waals surface area contributed by atoms with Crippen LogP contribution in [0, 0.1) is 11.8 Å². The number of rotatable bonds is 15. The Hall–Kier alpha value is -2.30. The highest BCUT2D eigenvalue weighted by Gasteiger charge is 2.76. The van der Waals surface area contributed by atoms with E-state index in [4.69, 9.17) is 4.74 Å². The molecule has 41 heavy (non-hydrogen) atoms. The van der Waals surface area contributed by atoms with Crippen molar-refractivity contribution in [2.75, 3.05) is 44.3 Å². The molecule has 1 aromatic carbocycles. The van der Waals surface area contributed by atoms with Gasteiger partial charge in [0.15, 0.2) is 0 Å². The number of thioether (sulfide) groups is 1. The molecular formula is C31H42BrN3O5S. The maximum atomic E-state index is 14.4. The van der Waals surface area contributed by atoms with Crippen LogP contribution in [0.1, 0.15) is 39.5 Å². The van der Waals surface area contributed by atoms with Crippen molar-refractivity contribution in [1.82, 2.24) is 9.80 Å². The van der Waals surface area contributed by atoms with Crippen LogP contribution in [-0.4, -0.2) is 92.9 Å². The molecule has 0 aromatic heterocycles. The molecule has 4 rings (SSSR count). The Kier molecular flexibility index (Phi) is 10.6. The molecule has 3 amide bonds. The predicted molar refractivity (Wildman–Crippen MR) is 167 cm³/mol. The third-order valence-electron chi connectivity index (χ3n) is 8.35. The largest absolute Gasteiger partial charge is 0.494 e. The number of hydrogen-bond donors (Lipinski definition) is 1. The highest BCUT2D eigenvalue weighted by Crippen LogP contribution is 2.68. The minimum Gasteiger partial charge on any atom is -0.494 e. The average Bonchev–Trinajstić information content (AvgIpc) is 3.56. The van der Waals surface area contributed by atoms with Crippen LogP contribution in [0.15, 0.2) is 49.6 Å². The number of ether oxygens (including phenoxy) is 1. The second kappa shape index (κ2) is 13.8. The molecule has 1 spiro atoms. The molecule has 10 heteroatoms. The fourth-order valence-electron chi connectivity index (χ4n) is 6.66. The Labute approximate surface area is 256 Å². The van der Waals surface area contributed by atoms with E-state index < -0.39 is 22.6 Å². The highest BCUT2D eigenvalue weighted by molar-refractivity contribution is 9.09. The number of carbonyl (C=O) groups is 3. The van der Waals surface area contributed by atoms with Crippen LogP contribution in [0.5, 0.6) is 5.75 Å². The van der Waals surface area contributed by atoms with E-state index in [2.05, 4.69) is 36.0 Å². The summed E-state index contributed by atoms with van der Waals surface area (Å²) in [5.41, 5.74) is 0.707. The van der Waals surface area contributed by atoms with Gasteiger partial charge in [0.05, 0.1) is 23.2 Å². The molecule has 3 unspecified atom stereocenters. The van der Waals surface area contributed by atoms with Crippen molar-refractivity contribution >= 4 is 51.1 Å². The Balaban J connectivity index is 1.73. The summed E-state index contributed by atoms with van der Waals surface area (Å²) in [4.78, 5) is 48.1. The maximum Gasteiger partial charge on any atom is 0.247 e. The van der Waals surface area contributed by atoms with Gasteiger partial charge in [-0.2, -0.15) is 0 Å². The first-order valence-electron chi connectivity index (χ1n) is 14.6. The summed E-state index contributed by atoms with van der Waals surface area (Å²) >= 11 is 5.48. The molecule has 2 bridgehead atoms. The van der Waals surface area contributed by atoms with E-state index in [0.717, 1.165) is 18.6 Å². The third kappa shape index (κ3) is 5.84. The zero-order chi connectivity index (χ0) is 29.7. The highest BCUT2D eigenvalue weighted by atomic mass is 79.9. The van der Waals surface area contributed by atoms with Gasteiger partial charge >= 0.3 is 0 Å². The first kappa shape index (κ1) is 31.6. The summed E-state index contributed by atoms with van der Waals surface area (Å²) in [6, 6.07) is 6.68. The van der Waals surface area contributed by atoms with Gasteiger partial charge in [-0.15, -0.1) is 24.9 Å². The van der Waals surface area contributed by atoms with Crippen molar-refractivity contribution < 1.29 is 24.2 Å². The lowest BCUT2D eigenvalue weighted by atomic mass is 9.70. The lowest BCUT2D eigenvalue weighted by Crippen LogP contribution is -2.56. The molecule has 3 aliphatic rings. The molecule has 1 N–H and O–H groups in total. The SMILES string of the molecule is C=CCN(CCCC)C(=O)C1N(CCCO)C(=O)[C@@H]2[C@@H](C(=O)N(CC=C)c3ccc(OCC)cc3)[C@@H]3SC12CC3Br. The van der Waals surface area contributed by atoms with E-state index in [1.807, 2.05) is 31.2 Å². The first-order chi connectivity index (χ1) is 19.8. The van der Waals surface area contributed by atoms with E-state index in [0.29, 0.717) is 44.8 Å². The quantitative estimate of drug-likeness (QED) is 0.226. The molecule has 3 aliphatic heterocycles. The number of alkyl halides is 1. The lowest BCUT2D eigenvalue weighted by Gasteiger charge is -2.38. The first-order valence-corrected chi connectivity index (χ1v) is 16.4. The van der Waals surface area contributed by atoms with Crippen molar-refractivity contribution in [1.29, 1.82) is 0 Å². The van der Waals surface area contributed by atoms with Crippen LogP contribution in [0.25, 0.3) is 0 Å². The minimum absolute atomic E-state index is 0.0204. The number of fused-ring (bicyclic) bond motifs is 1. The van der Waals surface area contributed by atoms with E-state index in [1.165, 1.54) is 0 Å². The number of hydrogen-bond acceptors (Lipinski definition) is 6. The number of anilines is 1. The molecule has 6 atom stereocenters. The lowest BCUT2D eigenvalue weighted by molar-refractivity contribution is -0.142. The number of amides is 3. The van der Waals surface area contributed by atoms with Crippen molar-refractivity contribution in [2.24, 2.45) is 11.8 Å². The summed E-state index contributed by atoms with van der Waals surface area (Å²) < 4.78 is 4.85. The van der Waals surface area contributed by atoms with Gasteiger partial charge in [-0.3, -0.25) is 14.4 Å². The second-order valence-electron chi connectivity index (χ2n) is 10.9. The molecule has 3 saturated heterocycles. The average molecular weight is 649 g/mol. The maximum absolute atomic E-state index is 14.4. The van der Waals surface area contributed by atoms with Gasteiger partial charge < -0.3 is 24.5 Å². The molecule has 0 radical (unpaired) electrons. The molecule has 8 nitrogen and oxygen atoms in total. The van der Waals surface area contributed by atoms with Gasteiger partial charge in [0.1, 0.15) is 11.8 Å². The van der Waals surface area contributed by atoms with Crippen LogP contribution in [0.4, 0.5) is 5.69 Å². The Bertz CT molecular complexity index is 1130. The summed E-state index contributed by atoms with van der Waals surface area (Å²) in [5, 5.41) is 9.49. The van der Waals surface area contributed by atoms with Gasteiger partial charge in [0, 0.05) is 48.6 Å². The summed E-state index contributed by atoms with van der Waals surface area (Å²) in [7, 11) is 0. The molecule has 3 heterocycles. The van der Waals surface area contributed by atoms with E-state index in [1.54, 1.807) is 38.6 Å². The van der Waals surface area contributed by atoms with E-state index in [9.17, 15) is 19.5 Å². The fraction of sp³-hybridized carbons (Fsp3) is 0.581. The van der Waals surface area contributed by atoms with Gasteiger partial charge in [-0.1, -0.05) is 41.4 Å². The number of nitrogens with zero attached hydrogens (tertiary/aromatic N) is 3. The Morgan fingerprint density at radius 2 is 1.88 bits per heavy atom. The normalized spacial score (nSPS) is 28.0. The van der Waals surface area contributed by atoms with Gasteiger partial charge in [0.2, 0.25) is 17.7 Å². The molecular weight excluding hydrogens is 606 g/mol. The van der Waals surface area contributed by atoms with Crippen molar-refractivity contribution in [3.8, 4) is 5.75 Å². The number of benzene rings is 1. The van der Waals surface area contributed by atoms with Crippen LogP contribution in [0.3, 0.4) is 0 Å². The monoisotopic (exact) mass is 647 g/mol. The zero-order valence-corrected chi connectivity index (χ0v) is 26.4. The zero-order valence-electron chi connectivity index (χ0n) is 24.0. The Morgan fingerprint density at radius 3 is 2.49 bits per heavy atom. The van der Waals surface area contributed by atoms with Crippen LogP contribution in [0.2, 0.25) is 0 Å². The summed E-state index contributed by atoms with van der Waals surface area (Å²) in [5.74, 6) is -0.907. The summed E-state index contributed by atoms with van der Waals surface area (Å²) in [6.45, 7) is 13.7. The molecule has 0 aliphatic carbocycles. The minimum atomic E-state index is -0.729. The molecule has 3 fully saturated rings. The fourth-order valence-corrected chi connectivity index (χ4v) is 10.3. The Morgan fingerprint density at radius 1 is 1.17 bits per heavy atom. The van der Waals surface area contributed by atoms with Crippen LogP contribution in [-0.2, 0) is 14.4 Å².